The molecule has 2 saturated heterocycles. The maximum Gasteiger partial charge on any atom is 0.335 e. The fourth-order valence-corrected chi connectivity index (χ4v) is 3.19. The Bertz CT molecular complexity index is 503. The van der Waals surface area contributed by atoms with Crippen LogP contribution in [0, 0.1) is 0 Å². The molecule has 2 heterocycles. The Hall–Kier alpha value is -1.75. The standard InChI is InChI=1S/C14H19N3O2/c15-12-8-10(14(18)19)3-4-13(12)17-7-6-16-5-1-2-11(16)9-17/h3-4,8,11H,1-2,5-7,9,15H2,(H,18,19). The molecule has 2 aliphatic heterocycles. The first-order valence-electron chi connectivity index (χ1n) is 6.77. The minimum atomic E-state index is -0.932. The third kappa shape index (κ3) is 2.26. The van der Waals surface area contributed by atoms with Gasteiger partial charge >= 0.3 is 5.97 Å². The Morgan fingerprint density at radius 1 is 1.32 bits per heavy atom. The van der Waals surface area contributed by atoms with Crippen LogP contribution in [0.2, 0.25) is 0 Å². The first kappa shape index (κ1) is 12.3. The highest BCUT2D eigenvalue weighted by Crippen LogP contribution is 2.29. The number of carboxylic acids is 1. The molecule has 0 saturated carbocycles. The van der Waals surface area contributed by atoms with E-state index >= 15 is 0 Å². The molecular formula is C14H19N3O2. The van der Waals surface area contributed by atoms with Crippen LogP contribution in [-0.2, 0) is 0 Å². The Morgan fingerprint density at radius 2 is 2.16 bits per heavy atom. The van der Waals surface area contributed by atoms with Gasteiger partial charge in [-0.2, -0.15) is 0 Å². The van der Waals surface area contributed by atoms with Gasteiger partial charge in [-0.3, -0.25) is 4.90 Å². The van der Waals surface area contributed by atoms with Crippen molar-refractivity contribution >= 4 is 17.3 Å². The molecule has 0 amide bonds. The van der Waals surface area contributed by atoms with Crippen molar-refractivity contribution in [2.24, 2.45) is 0 Å². The summed E-state index contributed by atoms with van der Waals surface area (Å²) in [5.74, 6) is -0.932. The fraction of sp³-hybridized carbons (Fsp3) is 0.500. The lowest BCUT2D eigenvalue weighted by atomic mass is 10.1. The molecule has 1 aromatic rings. The highest BCUT2D eigenvalue weighted by Gasteiger charge is 2.31. The van der Waals surface area contributed by atoms with Crippen molar-refractivity contribution in [2.75, 3.05) is 36.8 Å². The summed E-state index contributed by atoms with van der Waals surface area (Å²) in [5.41, 5.74) is 7.79. The maximum atomic E-state index is 10.9. The van der Waals surface area contributed by atoms with E-state index in [-0.39, 0.29) is 5.56 Å². The van der Waals surface area contributed by atoms with Gasteiger partial charge in [-0.1, -0.05) is 0 Å². The molecule has 19 heavy (non-hydrogen) atoms. The average molecular weight is 261 g/mol. The zero-order valence-corrected chi connectivity index (χ0v) is 10.9. The van der Waals surface area contributed by atoms with Gasteiger partial charge in [0.05, 0.1) is 16.9 Å². The van der Waals surface area contributed by atoms with Crippen molar-refractivity contribution in [3.63, 3.8) is 0 Å². The van der Waals surface area contributed by atoms with Gasteiger partial charge in [0, 0.05) is 25.7 Å². The first-order valence-corrected chi connectivity index (χ1v) is 6.77. The predicted molar refractivity (Wildman–Crippen MR) is 74.6 cm³/mol. The summed E-state index contributed by atoms with van der Waals surface area (Å²) in [6.45, 7) is 4.25. The second kappa shape index (κ2) is 4.74. The van der Waals surface area contributed by atoms with Gasteiger partial charge in [0.1, 0.15) is 0 Å². The summed E-state index contributed by atoms with van der Waals surface area (Å²) in [5, 5.41) is 8.96. The molecule has 1 aromatic carbocycles. The summed E-state index contributed by atoms with van der Waals surface area (Å²) in [7, 11) is 0. The second-order valence-corrected chi connectivity index (χ2v) is 5.36. The number of nitrogens with two attached hydrogens (primary N) is 1. The Morgan fingerprint density at radius 3 is 2.89 bits per heavy atom. The van der Waals surface area contributed by atoms with E-state index in [1.54, 1.807) is 12.1 Å². The van der Waals surface area contributed by atoms with E-state index in [0.29, 0.717) is 11.7 Å². The molecule has 1 atom stereocenters. The van der Waals surface area contributed by atoms with Crippen molar-refractivity contribution in [2.45, 2.75) is 18.9 Å². The number of carboxylic acid groups (broad SMARTS) is 1. The number of nitrogens with zero attached hydrogens (tertiary/aromatic N) is 2. The summed E-state index contributed by atoms with van der Waals surface area (Å²) in [6, 6.07) is 5.66. The molecule has 3 rings (SSSR count). The van der Waals surface area contributed by atoms with E-state index in [9.17, 15) is 4.79 Å². The van der Waals surface area contributed by atoms with Crippen molar-refractivity contribution in [1.82, 2.24) is 4.90 Å². The normalized spacial score (nSPS) is 23.4. The van der Waals surface area contributed by atoms with Gasteiger partial charge < -0.3 is 15.7 Å². The molecule has 0 bridgehead atoms. The van der Waals surface area contributed by atoms with Crippen LogP contribution in [0.1, 0.15) is 23.2 Å². The monoisotopic (exact) mass is 261 g/mol. The number of hydrogen-bond acceptors (Lipinski definition) is 4. The topological polar surface area (TPSA) is 69.8 Å². The summed E-state index contributed by atoms with van der Waals surface area (Å²) in [4.78, 5) is 15.7. The molecule has 2 aliphatic rings. The van der Waals surface area contributed by atoms with Crippen LogP contribution in [0.15, 0.2) is 18.2 Å². The molecule has 5 nitrogen and oxygen atoms in total. The number of fused-ring (bicyclic) bond motifs is 1. The van der Waals surface area contributed by atoms with Gasteiger partial charge in [-0.15, -0.1) is 0 Å². The summed E-state index contributed by atoms with van der Waals surface area (Å²) >= 11 is 0. The zero-order chi connectivity index (χ0) is 13.4. The van der Waals surface area contributed by atoms with Crippen LogP contribution in [0.25, 0.3) is 0 Å². The quantitative estimate of drug-likeness (QED) is 0.784. The number of benzene rings is 1. The van der Waals surface area contributed by atoms with Crippen LogP contribution >= 0.6 is 0 Å². The van der Waals surface area contributed by atoms with Gasteiger partial charge in [-0.25, -0.2) is 4.79 Å². The zero-order valence-electron chi connectivity index (χ0n) is 10.9. The smallest absolute Gasteiger partial charge is 0.335 e. The first-order chi connectivity index (χ1) is 9.15. The van der Waals surface area contributed by atoms with Crippen molar-refractivity contribution in [1.29, 1.82) is 0 Å². The van der Waals surface area contributed by atoms with Gasteiger partial charge in [0.25, 0.3) is 0 Å². The molecule has 0 spiro atoms. The number of piperazine rings is 1. The van der Waals surface area contributed by atoms with Crippen LogP contribution in [0.5, 0.6) is 0 Å². The Balaban J connectivity index is 1.80. The molecular weight excluding hydrogens is 242 g/mol. The van der Waals surface area contributed by atoms with E-state index in [4.69, 9.17) is 10.8 Å². The van der Waals surface area contributed by atoms with Crippen molar-refractivity contribution in [3.8, 4) is 0 Å². The lowest BCUT2D eigenvalue weighted by molar-refractivity contribution is 0.0697. The number of anilines is 2. The van der Waals surface area contributed by atoms with Crippen LogP contribution in [0.3, 0.4) is 0 Å². The summed E-state index contributed by atoms with van der Waals surface area (Å²) in [6.07, 6.45) is 2.54. The largest absolute Gasteiger partial charge is 0.478 e. The van der Waals surface area contributed by atoms with E-state index < -0.39 is 5.97 Å². The number of aromatic carboxylic acids is 1. The SMILES string of the molecule is Nc1cc(C(=O)O)ccc1N1CCN2CCCC2C1. The van der Waals surface area contributed by atoms with E-state index in [1.165, 1.54) is 19.4 Å². The Labute approximate surface area is 112 Å². The van der Waals surface area contributed by atoms with Crippen LogP contribution in [0.4, 0.5) is 11.4 Å². The third-order valence-electron chi connectivity index (χ3n) is 4.20. The van der Waals surface area contributed by atoms with Gasteiger partial charge in [-0.05, 0) is 37.6 Å². The number of rotatable bonds is 2. The van der Waals surface area contributed by atoms with Crippen LogP contribution in [-0.4, -0.2) is 48.2 Å². The number of hydrogen-bond donors (Lipinski definition) is 2. The minimum absolute atomic E-state index is 0.251. The number of carbonyl (C=O) groups is 1. The molecule has 3 N–H and O–H groups in total. The molecule has 5 heteroatoms. The minimum Gasteiger partial charge on any atom is -0.478 e. The van der Waals surface area contributed by atoms with E-state index in [1.807, 2.05) is 6.07 Å². The van der Waals surface area contributed by atoms with Crippen LogP contribution < -0.4 is 10.6 Å². The van der Waals surface area contributed by atoms with Gasteiger partial charge in [0.15, 0.2) is 0 Å². The predicted octanol–water partition coefficient (Wildman–Crippen LogP) is 1.25. The molecule has 2 fully saturated rings. The number of nitrogen functional groups attached to an aromatic ring is 1. The molecule has 0 radical (unpaired) electrons. The van der Waals surface area contributed by atoms with Crippen molar-refractivity contribution < 1.29 is 9.90 Å². The van der Waals surface area contributed by atoms with Gasteiger partial charge in [0.2, 0.25) is 0 Å². The third-order valence-corrected chi connectivity index (χ3v) is 4.20. The summed E-state index contributed by atoms with van der Waals surface area (Å²) < 4.78 is 0. The fourth-order valence-electron chi connectivity index (χ4n) is 3.19. The lowest BCUT2D eigenvalue weighted by Crippen LogP contribution is -2.50. The average Bonchev–Trinajstić information content (AvgIpc) is 2.85. The highest BCUT2D eigenvalue weighted by atomic mass is 16.4. The second-order valence-electron chi connectivity index (χ2n) is 5.36. The maximum absolute atomic E-state index is 10.9. The lowest BCUT2D eigenvalue weighted by Gasteiger charge is -2.39. The highest BCUT2D eigenvalue weighted by molar-refractivity contribution is 5.90. The van der Waals surface area contributed by atoms with E-state index in [0.717, 1.165) is 25.3 Å². The van der Waals surface area contributed by atoms with E-state index in [2.05, 4.69) is 9.80 Å². The molecule has 1 unspecified atom stereocenters. The van der Waals surface area contributed by atoms with Crippen molar-refractivity contribution in [3.05, 3.63) is 23.8 Å². The Kier molecular flexibility index (Phi) is 3.06. The molecule has 102 valence electrons. The molecule has 0 aromatic heterocycles. The molecule has 0 aliphatic carbocycles.